The van der Waals surface area contributed by atoms with Crippen LogP contribution >= 0.6 is 11.8 Å². The molecule has 24 heavy (non-hydrogen) atoms. The van der Waals surface area contributed by atoms with Gasteiger partial charge in [-0.1, -0.05) is 35.0 Å². The SMILES string of the molecule is Cc1cc(C)cc(-c2nnc(SCc3ccc4c(c3)OCO4)o2)c1. The van der Waals surface area contributed by atoms with Crippen LogP contribution in [0.15, 0.2) is 46.0 Å². The highest BCUT2D eigenvalue weighted by Gasteiger charge is 2.14. The number of rotatable bonds is 4. The van der Waals surface area contributed by atoms with E-state index in [0.717, 1.165) is 28.4 Å². The van der Waals surface area contributed by atoms with E-state index >= 15 is 0 Å². The molecule has 0 atom stereocenters. The number of hydrogen-bond acceptors (Lipinski definition) is 6. The van der Waals surface area contributed by atoms with Crippen LogP contribution in [0, 0.1) is 13.8 Å². The van der Waals surface area contributed by atoms with Crippen molar-refractivity contribution in [3.05, 3.63) is 53.1 Å². The van der Waals surface area contributed by atoms with Crippen LogP contribution in [0.3, 0.4) is 0 Å². The van der Waals surface area contributed by atoms with Gasteiger partial charge in [0, 0.05) is 11.3 Å². The summed E-state index contributed by atoms with van der Waals surface area (Å²) in [6.07, 6.45) is 0. The Hall–Kier alpha value is -2.47. The monoisotopic (exact) mass is 340 g/mol. The van der Waals surface area contributed by atoms with Gasteiger partial charge in [0.1, 0.15) is 0 Å². The first-order valence-corrected chi connectivity index (χ1v) is 8.59. The smallest absolute Gasteiger partial charge is 0.277 e. The highest BCUT2D eigenvalue weighted by atomic mass is 32.2. The van der Waals surface area contributed by atoms with Gasteiger partial charge in [-0.3, -0.25) is 0 Å². The Kier molecular flexibility index (Phi) is 3.90. The minimum absolute atomic E-state index is 0.287. The lowest BCUT2D eigenvalue weighted by molar-refractivity contribution is 0.174. The molecule has 0 amide bonds. The van der Waals surface area contributed by atoms with Crippen LogP contribution in [0.2, 0.25) is 0 Å². The lowest BCUT2D eigenvalue weighted by atomic mass is 10.1. The first-order valence-electron chi connectivity index (χ1n) is 7.61. The van der Waals surface area contributed by atoms with E-state index in [9.17, 15) is 0 Å². The third-order valence-electron chi connectivity index (χ3n) is 3.67. The van der Waals surface area contributed by atoms with Gasteiger partial charge in [-0.2, -0.15) is 0 Å². The van der Waals surface area contributed by atoms with Crippen molar-refractivity contribution in [2.75, 3.05) is 6.79 Å². The molecular formula is C18H16N2O3S. The second kappa shape index (κ2) is 6.20. The minimum atomic E-state index is 0.287. The molecule has 0 unspecified atom stereocenters. The molecule has 122 valence electrons. The minimum Gasteiger partial charge on any atom is -0.454 e. The molecule has 1 aliphatic heterocycles. The van der Waals surface area contributed by atoms with Gasteiger partial charge >= 0.3 is 0 Å². The first-order chi connectivity index (χ1) is 11.7. The number of ether oxygens (including phenoxy) is 2. The molecular weight excluding hydrogens is 324 g/mol. The van der Waals surface area contributed by atoms with Crippen molar-refractivity contribution in [2.45, 2.75) is 24.8 Å². The van der Waals surface area contributed by atoms with Crippen LogP contribution in [0.1, 0.15) is 16.7 Å². The summed E-state index contributed by atoms with van der Waals surface area (Å²) < 4.78 is 16.5. The van der Waals surface area contributed by atoms with E-state index in [2.05, 4.69) is 30.1 Å². The average molecular weight is 340 g/mol. The van der Waals surface area contributed by atoms with Crippen molar-refractivity contribution in [2.24, 2.45) is 0 Å². The maximum atomic E-state index is 5.78. The summed E-state index contributed by atoms with van der Waals surface area (Å²) in [6, 6.07) is 12.1. The van der Waals surface area contributed by atoms with Crippen LogP contribution in [-0.4, -0.2) is 17.0 Å². The second-order valence-corrected chi connectivity index (χ2v) is 6.65. The number of benzene rings is 2. The molecule has 5 nitrogen and oxygen atoms in total. The van der Waals surface area contributed by atoms with Gasteiger partial charge in [0.15, 0.2) is 11.5 Å². The molecule has 3 aromatic rings. The Balaban J connectivity index is 1.47. The summed E-state index contributed by atoms with van der Waals surface area (Å²) in [5.41, 5.74) is 4.43. The van der Waals surface area contributed by atoms with Crippen LogP contribution < -0.4 is 9.47 Å². The normalized spacial score (nSPS) is 12.6. The zero-order valence-electron chi connectivity index (χ0n) is 13.4. The van der Waals surface area contributed by atoms with Gasteiger partial charge < -0.3 is 13.9 Å². The molecule has 0 saturated carbocycles. The summed E-state index contributed by atoms with van der Waals surface area (Å²) in [7, 11) is 0. The fourth-order valence-electron chi connectivity index (χ4n) is 2.66. The summed E-state index contributed by atoms with van der Waals surface area (Å²) in [5, 5.41) is 8.84. The zero-order chi connectivity index (χ0) is 16.5. The van der Waals surface area contributed by atoms with Gasteiger partial charge in [-0.15, -0.1) is 10.2 Å². The number of aromatic nitrogens is 2. The largest absolute Gasteiger partial charge is 0.454 e. The maximum absolute atomic E-state index is 5.78. The molecule has 2 heterocycles. The molecule has 0 bridgehead atoms. The number of aryl methyl sites for hydroxylation is 2. The molecule has 0 fully saturated rings. The summed E-state index contributed by atoms with van der Waals surface area (Å²) in [4.78, 5) is 0. The summed E-state index contributed by atoms with van der Waals surface area (Å²) in [6.45, 7) is 4.40. The van der Waals surface area contributed by atoms with E-state index in [1.54, 1.807) is 0 Å². The molecule has 0 N–H and O–H groups in total. The number of fused-ring (bicyclic) bond motifs is 1. The van der Waals surface area contributed by atoms with Crippen LogP contribution in [0.25, 0.3) is 11.5 Å². The Morgan fingerprint density at radius 1 is 0.958 bits per heavy atom. The van der Waals surface area contributed by atoms with Gasteiger partial charge in [0.2, 0.25) is 12.7 Å². The van der Waals surface area contributed by atoms with Crippen molar-refractivity contribution in [1.82, 2.24) is 10.2 Å². The van der Waals surface area contributed by atoms with E-state index in [4.69, 9.17) is 13.9 Å². The van der Waals surface area contributed by atoms with Crippen LogP contribution in [0.4, 0.5) is 0 Å². The Bertz CT molecular complexity index is 871. The predicted molar refractivity (Wildman–Crippen MR) is 91.3 cm³/mol. The van der Waals surface area contributed by atoms with Crippen molar-refractivity contribution in [1.29, 1.82) is 0 Å². The van der Waals surface area contributed by atoms with Crippen LogP contribution in [0.5, 0.6) is 11.5 Å². The van der Waals surface area contributed by atoms with Crippen molar-refractivity contribution < 1.29 is 13.9 Å². The Morgan fingerprint density at radius 2 is 1.75 bits per heavy atom. The third-order valence-corrected chi connectivity index (χ3v) is 4.56. The van der Waals surface area contributed by atoms with Gasteiger partial charge in [-0.05, 0) is 43.7 Å². The summed E-state index contributed by atoms with van der Waals surface area (Å²) >= 11 is 1.51. The fraction of sp³-hybridized carbons (Fsp3) is 0.222. The zero-order valence-corrected chi connectivity index (χ0v) is 14.2. The highest BCUT2D eigenvalue weighted by molar-refractivity contribution is 7.98. The van der Waals surface area contributed by atoms with E-state index < -0.39 is 0 Å². The quantitative estimate of drug-likeness (QED) is 0.657. The number of hydrogen-bond donors (Lipinski definition) is 0. The third kappa shape index (κ3) is 3.10. The van der Waals surface area contributed by atoms with Gasteiger partial charge in [-0.25, -0.2) is 0 Å². The second-order valence-electron chi connectivity index (χ2n) is 5.73. The van der Waals surface area contributed by atoms with Crippen molar-refractivity contribution in [3.8, 4) is 23.0 Å². The van der Waals surface area contributed by atoms with E-state index in [-0.39, 0.29) is 6.79 Å². The Labute approximate surface area is 144 Å². The highest BCUT2D eigenvalue weighted by Crippen LogP contribution is 2.34. The molecule has 2 aromatic carbocycles. The van der Waals surface area contributed by atoms with Crippen LogP contribution in [-0.2, 0) is 5.75 Å². The van der Waals surface area contributed by atoms with E-state index in [0.29, 0.717) is 11.1 Å². The molecule has 1 aliphatic rings. The molecule has 0 aliphatic carbocycles. The lowest BCUT2D eigenvalue weighted by Gasteiger charge is -2.01. The topological polar surface area (TPSA) is 57.4 Å². The standard InChI is InChI=1S/C18H16N2O3S/c1-11-5-12(2)7-14(6-11)17-19-20-18(23-17)24-9-13-3-4-15-16(8-13)22-10-21-15/h3-8H,9-10H2,1-2H3. The first kappa shape index (κ1) is 15.1. The van der Waals surface area contributed by atoms with Crippen molar-refractivity contribution in [3.63, 3.8) is 0 Å². The molecule has 6 heteroatoms. The lowest BCUT2D eigenvalue weighted by Crippen LogP contribution is -1.92. The maximum Gasteiger partial charge on any atom is 0.277 e. The average Bonchev–Trinajstić information content (AvgIpc) is 3.20. The van der Waals surface area contributed by atoms with E-state index in [1.807, 2.05) is 30.3 Å². The Morgan fingerprint density at radius 3 is 2.58 bits per heavy atom. The molecule has 1 aromatic heterocycles. The fourth-order valence-corrected chi connectivity index (χ4v) is 3.36. The molecule has 0 radical (unpaired) electrons. The van der Waals surface area contributed by atoms with Gasteiger partial charge in [0.05, 0.1) is 0 Å². The summed E-state index contributed by atoms with van der Waals surface area (Å²) in [5.74, 6) is 2.86. The number of nitrogens with zero attached hydrogens (tertiary/aromatic N) is 2. The molecule has 0 spiro atoms. The van der Waals surface area contributed by atoms with Gasteiger partial charge in [0.25, 0.3) is 5.22 Å². The van der Waals surface area contributed by atoms with E-state index in [1.165, 1.54) is 22.9 Å². The molecule has 4 rings (SSSR count). The predicted octanol–water partition coefficient (Wildman–Crippen LogP) is 4.37. The van der Waals surface area contributed by atoms with Crippen molar-refractivity contribution >= 4 is 11.8 Å². The number of thioether (sulfide) groups is 1. The molecule has 0 saturated heterocycles.